The van der Waals surface area contributed by atoms with Gasteiger partial charge in [0.2, 0.25) is 0 Å². The van der Waals surface area contributed by atoms with Crippen LogP contribution in [0.3, 0.4) is 0 Å². The summed E-state index contributed by atoms with van der Waals surface area (Å²) in [5.74, 6) is 0.891. The van der Waals surface area contributed by atoms with Crippen LogP contribution in [0, 0.1) is 24.1 Å². The van der Waals surface area contributed by atoms with Crippen molar-refractivity contribution in [2.75, 3.05) is 0 Å². The molecule has 0 spiro atoms. The zero-order chi connectivity index (χ0) is 21.1. The number of hydrogen-bond donors (Lipinski definition) is 1. The Morgan fingerprint density at radius 2 is 1.93 bits per heavy atom. The third kappa shape index (κ3) is 3.92. The number of nitrogens with zero attached hydrogens (tertiary/aromatic N) is 6. The minimum Gasteiger partial charge on any atom is -0.330 e. The van der Waals surface area contributed by atoms with Crippen molar-refractivity contribution in [2.45, 2.75) is 20.0 Å². The van der Waals surface area contributed by atoms with Gasteiger partial charge in [-0.25, -0.2) is 19.3 Å². The van der Waals surface area contributed by atoms with Crippen LogP contribution in [0.15, 0.2) is 55.2 Å². The van der Waals surface area contributed by atoms with Crippen molar-refractivity contribution in [1.29, 1.82) is 5.26 Å². The molecule has 0 saturated heterocycles. The first-order chi connectivity index (χ1) is 14.6. The lowest BCUT2D eigenvalue weighted by Gasteiger charge is -2.11. The molecule has 30 heavy (non-hydrogen) atoms. The van der Waals surface area contributed by atoms with E-state index in [2.05, 4.69) is 26.0 Å². The van der Waals surface area contributed by atoms with Crippen molar-refractivity contribution in [1.82, 2.24) is 24.5 Å². The molecule has 0 unspecified atom stereocenters. The van der Waals surface area contributed by atoms with Crippen LogP contribution >= 0.6 is 0 Å². The second kappa shape index (κ2) is 8.19. The van der Waals surface area contributed by atoms with E-state index in [0.717, 1.165) is 28.7 Å². The molecule has 0 aliphatic rings. The first-order valence-electron chi connectivity index (χ1n) is 9.26. The minimum atomic E-state index is -0.415. The molecule has 7 nitrogen and oxygen atoms in total. The summed E-state index contributed by atoms with van der Waals surface area (Å²) in [5, 5.41) is 9.33. The first kappa shape index (κ1) is 19.4. The topological polar surface area (TPSA) is 106 Å². The van der Waals surface area contributed by atoms with Crippen LogP contribution in [0.25, 0.3) is 22.6 Å². The van der Waals surface area contributed by atoms with Crippen LogP contribution in [0.4, 0.5) is 4.39 Å². The lowest BCUT2D eigenvalue weighted by atomic mass is 10.0. The van der Waals surface area contributed by atoms with Gasteiger partial charge in [0, 0.05) is 54.6 Å². The maximum Gasteiger partial charge on any atom is 0.159 e. The van der Waals surface area contributed by atoms with E-state index < -0.39 is 5.82 Å². The normalized spacial score (nSPS) is 10.7. The summed E-state index contributed by atoms with van der Waals surface area (Å²) in [6.07, 6.45) is 7.96. The van der Waals surface area contributed by atoms with Gasteiger partial charge in [0.05, 0.1) is 23.5 Å². The lowest BCUT2D eigenvalue weighted by Crippen LogP contribution is -2.05. The SMILES string of the molecule is Cc1nc(-c2cncc(F)c2)cn1Cc1cc(C#N)ccc1-c1ncc(CN)cn1. The summed E-state index contributed by atoms with van der Waals surface area (Å²) in [6, 6.07) is 8.97. The Balaban J connectivity index is 1.73. The molecule has 1 aromatic carbocycles. The number of pyridine rings is 1. The highest BCUT2D eigenvalue weighted by atomic mass is 19.1. The molecular weight excluding hydrogens is 381 g/mol. The van der Waals surface area contributed by atoms with Crippen LogP contribution in [-0.2, 0) is 13.1 Å². The Morgan fingerprint density at radius 3 is 2.63 bits per heavy atom. The largest absolute Gasteiger partial charge is 0.330 e. The van der Waals surface area contributed by atoms with Crippen molar-refractivity contribution < 1.29 is 4.39 Å². The van der Waals surface area contributed by atoms with Gasteiger partial charge < -0.3 is 10.3 Å². The van der Waals surface area contributed by atoms with Gasteiger partial charge in [-0.3, -0.25) is 4.98 Å². The molecule has 0 radical (unpaired) electrons. The molecular formula is C22H18FN7. The van der Waals surface area contributed by atoms with Gasteiger partial charge in [0.15, 0.2) is 5.82 Å². The lowest BCUT2D eigenvalue weighted by molar-refractivity contribution is 0.622. The Hall–Kier alpha value is -3.96. The van der Waals surface area contributed by atoms with Crippen LogP contribution in [-0.4, -0.2) is 24.5 Å². The molecule has 0 bridgehead atoms. The van der Waals surface area contributed by atoms with Crippen molar-refractivity contribution in [3.05, 3.63) is 83.6 Å². The molecule has 0 aliphatic carbocycles. The van der Waals surface area contributed by atoms with E-state index in [4.69, 9.17) is 5.73 Å². The van der Waals surface area contributed by atoms with E-state index >= 15 is 0 Å². The van der Waals surface area contributed by atoms with Gasteiger partial charge in [0.25, 0.3) is 0 Å². The monoisotopic (exact) mass is 399 g/mol. The Bertz CT molecular complexity index is 1240. The number of rotatable bonds is 5. The van der Waals surface area contributed by atoms with E-state index in [0.29, 0.717) is 35.7 Å². The van der Waals surface area contributed by atoms with E-state index in [9.17, 15) is 9.65 Å². The van der Waals surface area contributed by atoms with Gasteiger partial charge in [-0.2, -0.15) is 5.26 Å². The van der Waals surface area contributed by atoms with Crippen molar-refractivity contribution in [3.8, 4) is 28.7 Å². The molecule has 0 saturated carbocycles. The maximum atomic E-state index is 13.5. The van der Waals surface area contributed by atoms with E-state index in [1.807, 2.05) is 29.8 Å². The number of benzene rings is 1. The van der Waals surface area contributed by atoms with Crippen LogP contribution in [0.2, 0.25) is 0 Å². The molecule has 3 aromatic heterocycles. The van der Waals surface area contributed by atoms with Crippen LogP contribution < -0.4 is 5.73 Å². The summed E-state index contributed by atoms with van der Waals surface area (Å²) in [7, 11) is 0. The van der Waals surface area contributed by atoms with Gasteiger partial charge in [-0.05, 0) is 36.8 Å². The van der Waals surface area contributed by atoms with Gasteiger partial charge in [-0.15, -0.1) is 0 Å². The second-order valence-electron chi connectivity index (χ2n) is 6.80. The summed E-state index contributed by atoms with van der Waals surface area (Å²) in [4.78, 5) is 17.2. The zero-order valence-corrected chi connectivity index (χ0v) is 16.2. The van der Waals surface area contributed by atoms with Gasteiger partial charge in [-0.1, -0.05) is 0 Å². The quantitative estimate of drug-likeness (QED) is 0.552. The molecule has 8 heteroatoms. The van der Waals surface area contributed by atoms with Gasteiger partial charge >= 0.3 is 0 Å². The number of halogens is 1. The Morgan fingerprint density at radius 1 is 1.13 bits per heavy atom. The average Bonchev–Trinajstić information content (AvgIpc) is 3.14. The number of aryl methyl sites for hydroxylation is 1. The number of imidazole rings is 1. The summed E-state index contributed by atoms with van der Waals surface area (Å²) < 4.78 is 15.5. The van der Waals surface area contributed by atoms with E-state index in [-0.39, 0.29) is 0 Å². The third-order valence-electron chi connectivity index (χ3n) is 4.73. The summed E-state index contributed by atoms with van der Waals surface area (Å²) in [6.45, 7) is 2.69. The highest BCUT2D eigenvalue weighted by Crippen LogP contribution is 2.25. The summed E-state index contributed by atoms with van der Waals surface area (Å²) >= 11 is 0. The molecule has 2 N–H and O–H groups in total. The Kier molecular flexibility index (Phi) is 5.28. The highest BCUT2D eigenvalue weighted by molar-refractivity contribution is 5.62. The molecule has 3 heterocycles. The number of nitrogens with two attached hydrogens (primary N) is 1. The maximum absolute atomic E-state index is 13.5. The van der Waals surface area contributed by atoms with Crippen molar-refractivity contribution in [2.24, 2.45) is 5.73 Å². The van der Waals surface area contributed by atoms with Crippen molar-refractivity contribution >= 4 is 0 Å². The molecule has 0 amide bonds. The Labute approximate surface area is 172 Å². The zero-order valence-electron chi connectivity index (χ0n) is 16.2. The van der Waals surface area contributed by atoms with E-state index in [1.165, 1.54) is 6.07 Å². The standard InChI is InChI=1S/C22H18FN7/c1-14-29-21(17-5-19(23)11-26-10-17)13-30(14)12-18-4-15(6-24)2-3-20(18)22-27-8-16(7-25)9-28-22/h2-5,8-11,13H,7,12,25H2,1H3. The molecule has 148 valence electrons. The third-order valence-corrected chi connectivity index (χ3v) is 4.73. The highest BCUT2D eigenvalue weighted by Gasteiger charge is 2.13. The predicted molar refractivity (Wildman–Crippen MR) is 109 cm³/mol. The fraction of sp³-hybridized carbons (Fsp3) is 0.136. The molecule has 0 atom stereocenters. The second-order valence-corrected chi connectivity index (χ2v) is 6.80. The minimum absolute atomic E-state index is 0.368. The van der Waals surface area contributed by atoms with Crippen molar-refractivity contribution in [3.63, 3.8) is 0 Å². The predicted octanol–water partition coefficient (Wildman–Crippen LogP) is 3.23. The molecule has 0 fully saturated rings. The molecule has 0 aliphatic heterocycles. The number of hydrogen-bond acceptors (Lipinski definition) is 6. The fourth-order valence-corrected chi connectivity index (χ4v) is 3.15. The molecule has 4 aromatic rings. The first-order valence-corrected chi connectivity index (χ1v) is 9.26. The molecule has 4 rings (SSSR count). The van der Waals surface area contributed by atoms with E-state index in [1.54, 1.807) is 24.7 Å². The van der Waals surface area contributed by atoms with Crippen LogP contribution in [0.1, 0.15) is 22.5 Å². The summed E-state index contributed by atoms with van der Waals surface area (Å²) in [5.41, 5.74) is 9.93. The van der Waals surface area contributed by atoms with Gasteiger partial charge in [0.1, 0.15) is 11.6 Å². The number of nitriles is 1. The smallest absolute Gasteiger partial charge is 0.159 e. The van der Waals surface area contributed by atoms with Crippen LogP contribution in [0.5, 0.6) is 0 Å². The number of aromatic nitrogens is 5. The average molecular weight is 399 g/mol. The fourth-order valence-electron chi connectivity index (χ4n) is 3.15.